The van der Waals surface area contributed by atoms with Crippen LogP contribution in [0.3, 0.4) is 0 Å². The fraction of sp³-hybridized carbons (Fsp3) is 0.143. The molecule has 0 atom stereocenters. The van der Waals surface area contributed by atoms with Crippen molar-refractivity contribution in [1.82, 2.24) is 0 Å². The second kappa shape index (κ2) is 3.49. The summed E-state index contributed by atoms with van der Waals surface area (Å²) in [7, 11) is 0. The van der Waals surface area contributed by atoms with Crippen LogP contribution in [0.15, 0.2) is 24.3 Å². The second-order valence-electron chi connectivity index (χ2n) is 2.01. The first-order valence-electron chi connectivity index (χ1n) is 2.99. The van der Waals surface area contributed by atoms with Crippen LogP contribution in [0, 0.1) is 0 Å². The first-order chi connectivity index (χ1) is 4.84. The first-order valence-corrected chi connectivity index (χ1v) is 4.04. The molecule has 0 radical (unpaired) electrons. The van der Waals surface area contributed by atoms with Crippen molar-refractivity contribution >= 4 is 17.6 Å². The van der Waals surface area contributed by atoms with Gasteiger partial charge >= 0.3 is 0 Å². The normalized spacial score (nSPS) is 9.70. The molecule has 1 aromatic carbocycles. The Morgan fingerprint density at radius 1 is 1.30 bits per heavy atom. The van der Waals surface area contributed by atoms with E-state index in [4.69, 9.17) is 10.9 Å². The number of anilines is 1. The average Bonchev–Trinajstić information content (AvgIpc) is 1.94. The minimum absolute atomic E-state index is 0.784. The molecule has 0 amide bonds. The largest absolute Gasteiger partial charge is 0.398 e. The molecule has 0 saturated heterocycles. The van der Waals surface area contributed by atoms with E-state index in [0.29, 0.717) is 0 Å². The Morgan fingerprint density at radius 2 is 2.00 bits per heavy atom. The third kappa shape index (κ3) is 1.65. The van der Waals surface area contributed by atoms with Gasteiger partial charge in [-0.2, -0.15) is 0 Å². The Hall–Kier alpha value is -0.670. The zero-order valence-electron chi connectivity index (χ0n) is 5.58. The van der Waals surface area contributed by atoms with Gasteiger partial charge in [-0.3, -0.25) is 5.14 Å². The smallest absolute Gasteiger partial charge is 0.0355 e. The van der Waals surface area contributed by atoms with Crippen LogP contribution in [0.5, 0.6) is 0 Å². The number of nitrogens with two attached hydrogens (primary N) is 2. The minimum Gasteiger partial charge on any atom is -0.398 e. The van der Waals surface area contributed by atoms with Crippen molar-refractivity contribution in [1.29, 1.82) is 0 Å². The SMILES string of the molecule is NSCc1ccccc1N. The minimum atomic E-state index is 0.784. The van der Waals surface area contributed by atoms with Crippen LogP contribution in [0.25, 0.3) is 0 Å². The Labute approximate surface area is 64.7 Å². The molecular formula is C7H10N2S. The van der Waals surface area contributed by atoms with Gasteiger partial charge in [0.2, 0.25) is 0 Å². The molecule has 0 aliphatic heterocycles. The van der Waals surface area contributed by atoms with Gasteiger partial charge in [-0.1, -0.05) is 30.1 Å². The Morgan fingerprint density at radius 3 is 2.60 bits per heavy atom. The molecule has 0 unspecified atom stereocenters. The van der Waals surface area contributed by atoms with E-state index in [1.807, 2.05) is 24.3 Å². The lowest BCUT2D eigenvalue weighted by atomic mass is 10.2. The molecule has 0 heterocycles. The molecule has 2 nitrogen and oxygen atoms in total. The average molecular weight is 154 g/mol. The fourth-order valence-electron chi connectivity index (χ4n) is 0.755. The third-order valence-corrected chi connectivity index (χ3v) is 1.77. The van der Waals surface area contributed by atoms with Gasteiger partial charge in [0.25, 0.3) is 0 Å². The van der Waals surface area contributed by atoms with E-state index in [2.05, 4.69) is 0 Å². The van der Waals surface area contributed by atoms with Crippen LogP contribution in [0.2, 0.25) is 0 Å². The van der Waals surface area contributed by atoms with Gasteiger partial charge < -0.3 is 5.73 Å². The summed E-state index contributed by atoms with van der Waals surface area (Å²) < 4.78 is 0. The molecule has 10 heavy (non-hydrogen) atoms. The molecule has 4 N–H and O–H groups in total. The van der Waals surface area contributed by atoms with Crippen molar-refractivity contribution in [2.75, 3.05) is 5.73 Å². The summed E-state index contributed by atoms with van der Waals surface area (Å²) in [6, 6.07) is 7.74. The van der Waals surface area contributed by atoms with Crippen LogP contribution in [-0.4, -0.2) is 0 Å². The molecule has 3 heteroatoms. The number of hydrogen-bond donors (Lipinski definition) is 2. The number of rotatable bonds is 2. The molecule has 54 valence electrons. The van der Waals surface area contributed by atoms with Crippen molar-refractivity contribution in [2.24, 2.45) is 5.14 Å². The van der Waals surface area contributed by atoms with Gasteiger partial charge in [-0.25, -0.2) is 0 Å². The van der Waals surface area contributed by atoms with Crippen LogP contribution in [0.4, 0.5) is 5.69 Å². The molecule has 1 rings (SSSR count). The topological polar surface area (TPSA) is 52.0 Å². The van der Waals surface area contributed by atoms with E-state index in [1.165, 1.54) is 11.9 Å². The lowest BCUT2D eigenvalue weighted by Gasteiger charge is -2.00. The molecular weight excluding hydrogens is 144 g/mol. The predicted molar refractivity (Wildman–Crippen MR) is 46.3 cm³/mol. The second-order valence-corrected chi connectivity index (χ2v) is 2.63. The molecule has 0 aromatic heterocycles. The molecule has 0 bridgehead atoms. The highest BCUT2D eigenvalue weighted by Crippen LogP contribution is 2.14. The number of para-hydroxylation sites is 1. The first kappa shape index (κ1) is 7.44. The van der Waals surface area contributed by atoms with Crippen molar-refractivity contribution in [3.05, 3.63) is 29.8 Å². The summed E-state index contributed by atoms with van der Waals surface area (Å²) in [4.78, 5) is 0. The summed E-state index contributed by atoms with van der Waals surface area (Å²) in [5, 5.41) is 5.29. The summed E-state index contributed by atoms with van der Waals surface area (Å²) in [6.45, 7) is 0. The highest BCUT2D eigenvalue weighted by atomic mass is 32.2. The Kier molecular flexibility index (Phi) is 2.59. The fourth-order valence-corrected chi connectivity index (χ4v) is 1.20. The monoisotopic (exact) mass is 154 g/mol. The van der Waals surface area contributed by atoms with Crippen LogP contribution < -0.4 is 10.9 Å². The van der Waals surface area contributed by atoms with Gasteiger partial charge in [-0.05, 0) is 11.6 Å². The molecule has 0 fully saturated rings. The van der Waals surface area contributed by atoms with E-state index in [-0.39, 0.29) is 0 Å². The van der Waals surface area contributed by atoms with Gasteiger partial charge in [0.15, 0.2) is 0 Å². The lowest BCUT2D eigenvalue weighted by Crippen LogP contribution is -1.92. The summed E-state index contributed by atoms with van der Waals surface area (Å²) >= 11 is 1.29. The lowest BCUT2D eigenvalue weighted by molar-refractivity contribution is 1.42. The zero-order chi connectivity index (χ0) is 7.40. The zero-order valence-corrected chi connectivity index (χ0v) is 6.40. The van der Waals surface area contributed by atoms with Crippen LogP contribution >= 0.6 is 11.9 Å². The highest BCUT2D eigenvalue weighted by Gasteiger charge is 1.93. The summed E-state index contributed by atoms with van der Waals surface area (Å²) in [5.74, 6) is 0.784. The van der Waals surface area contributed by atoms with E-state index >= 15 is 0 Å². The molecule has 1 aromatic rings. The molecule has 0 spiro atoms. The molecule has 0 saturated carbocycles. The van der Waals surface area contributed by atoms with E-state index in [9.17, 15) is 0 Å². The van der Waals surface area contributed by atoms with E-state index in [1.54, 1.807) is 0 Å². The number of nitrogen functional groups attached to an aromatic ring is 1. The summed E-state index contributed by atoms with van der Waals surface area (Å²) in [5.41, 5.74) is 7.56. The quantitative estimate of drug-likeness (QED) is 0.499. The van der Waals surface area contributed by atoms with Gasteiger partial charge in [0.05, 0.1) is 0 Å². The van der Waals surface area contributed by atoms with Crippen LogP contribution in [0.1, 0.15) is 5.56 Å². The molecule has 0 aliphatic carbocycles. The third-order valence-electron chi connectivity index (χ3n) is 1.29. The maximum Gasteiger partial charge on any atom is 0.0355 e. The Bertz CT molecular complexity index is 213. The maximum atomic E-state index is 5.64. The van der Waals surface area contributed by atoms with Crippen molar-refractivity contribution in [2.45, 2.75) is 5.75 Å². The van der Waals surface area contributed by atoms with Gasteiger partial charge in [0.1, 0.15) is 0 Å². The standard InChI is InChI=1S/C7H10N2S/c8-7-4-2-1-3-6(7)5-10-9/h1-4H,5,8-9H2. The van der Waals surface area contributed by atoms with Crippen molar-refractivity contribution in [3.63, 3.8) is 0 Å². The van der Waals surface area contributed by atoms with Crippen molar-refractivity contribution in [3.8, 4) is 0 Å². The van der Waals surface area contributed by atoms with E-state index in [0.717, 1.165) is 17.0 Å². The van der Waals surface area contributed by atoms with Crippen LogP contribution in [-0.2, 0) is 5.75 Å². The number of hydrogen-bond acceptors (Lipinski definition) is 3. The Balaban J connectivity index is 2.81. The van der Waals surface area contributed by atoms with Gasteiger partial charge in [0, 0.05) is 11.4 Å². The van der Waals surface area contributed by atoms with E-state index < -0.39 is 0 Å². The predicted octanol–water partition coefficient (Wildman–Crippen LogP) is 1.38. The summed E-state index contributed by atoms with van der Waals surface area (Å²) in [6.07, 6.45) is 0. The highest BCUT2D eigenvalue weighted by molar-refractivity contribution is 7.96. The number of benzene rings is 1. The maximum absolute atomic E-state index is 5.64. The van der Waals surface area contributed by atoms with Crippen molar-refractivity contribution < 1.29 is 0 Å². The molecule has 0 aliphatic rings. The van der Waals surface area contributed by atoms with Gasteiger partial charge in [-0.15, -0.1) is 0 Å².